The number of aliphatic carboxylic acids is 1. The van der Waals surface area contributed by atoms with Crippen molar-refractivity contribution in [1.29, 1.82) is 0 Å². The number of carbonyl (C=O) groups is 1. The van der Waals surface area contributed by atoms with E-state index in [2.05, 4.69) is 9.44 Å². The number of anilines is 2. The molecular formula is C16H18N2O7S2. The van der Waals surface area contributed by atoms with E-state index in [1.54, 1.807) is 6.92 Å². The molecule has 2 aromatic rings. The van der Waals surface area contributed by atoms with Gasteiger partial charge in [-0.2, -0.15) is 0 Å². The molecule has 146 valence electrons. The van der Waals surface area contributed by atoms with Crippen LogP contribution in [0.5, 0.6) is 5.75 Å². The summed E-state index contributed by atoms with van der Waals surface area (Å²) in [6.45, 7) is 1.07. The quantitative estimate of drug-likeness (QED) is 0.596. The number of aryl methyl sites for hydroxylation is 1. The van der Waals surface area contributed by atoms with Crippen molar-refractivity contribution >= 4 is 37.4 Å². The van der Waals surface area contributed by atoms with Crippen molar-refractivity contribution in [2.45, 2.75) is 11.8 Å². The van der Waals surface area contributed by atoms with Crippen LogP contribution in [0, 0.1) is 6.92 Å². The molecule has 27 heavy (non-hydrogen) atoms. The smallest absolute Gasteiger partial charge is 0.341 e. The standard InChI is InChI=1S/C16H18N2O7S2/c1-11-9-14(7-8-15(11)25-10-16(19)20)27(23,24)18-13-5-3-12(4-6-13)17-26(2,21)22/h3-9,17-18H,10H2,1-2H3,(H,19,20). The first kappa shape index (κ1) is 20.5. The minimum Gasteiger partial charge on any atom is -0.482 e. The van der Waals surface area contributed by atoms with Crippen LogP contribution in [0.1, 0.15) is 5.56 Å². The molecule has 9 nitrogen and oxygen atoms in total. The van der Waals surface area contributed by atoms with E-state index < -0.39 is 32.6 Å². The molecule has 0 aliphatic carbocycles. The Hall–Kier alpha value is -2.79. The number of sulfonamides is 2. The van der Waals surface area contributed by atoms with Crippen LogP contribution in [0.3, 0.4) is 0 Å². The monoisotopic (exact) mass is 414 g/mol. The summed E-state index contributed by atoms with van der Waals surface area (Å²) in [5.74, 6) is -0.867. The van der Waals surface area contributed by atoms with E-state index in [0.29, 0.717) is 11.3 Å². The highest BCUT2D eigenvalue weighted by atomic mass is 32.2. The highest BCUT2D eigenvalue weighted by Gasteiger charge is 2.16. The lowest BCUT2D eigenvalue weighted by Crippen LogP contribution is -2.14. The molecule has 11 heteroatoms. The Morgan fingerprint density at radius 1 is 1.00 bits per heavy atom. The average Bonchev–Trinajstić information content (AvgIpc) is 2.53. The number of carboxylic acids is 1. The van der Waals surface area contributed by atoms with Gasteiger partial charge < -0.3 is 9.84 Å². The normalized spacial score (nSPS) is 11.6. The fourth-order valence-electron chi connectivity index (χ4n) is 2.12. The van der Waals surface area contributed by atoms with Crippen molar-refractivity contribution in [3.05, 3.63) is 48.0 Å². The van der Waals surface area contributed by atoms with Crippen molar-refractivity contribution < 1.29 is 31.5 Å². The van der Waals surface area contributed by atoms with Gasteiger partial charge in [-0.1, -0.05) is 0 Å². The first-order valence-corrected chi connectivity index (χ1v) is 10.9. The van der Waals surface area contributed by atoms with Gasteiger partial charge in [-0.15, -0.1) is 0 Å². The van der Waals surface area contributed by atoms with Crippen LogP contribution in [-0.4, -0.2) is 40.8 Å². The van der Waals surface area contributed by atoms with Crippen LogP contribution >= 0.6 is 0 Å². The zero-order valence-electron chi connectivity index (χ0n) is 14.5. The molecule has 0 unspecified atom stereocenters. The number of hydrogen-bond donors (Lipinski definition) is 3. The molecule has 0 aromatic heterocycles. The van der Waals surface area contributed by atoms with E-state index in [9.17, 15) is 21.6 Å². The van der Waals surface area contributed by atoms with Crippen molar-refractivity contribution in [2.24, 2.45) is 0 Å². The summed E-state index contributed by atoms with van der Waals surface area (Å²) in [4.78, 5) is 10.5. The Kier molecular flexibility index (Phi) is 5.96. The molecule has 2 aromatic carbocycles. The van der Waals surface area contributed by atoms with Crippen LogP contribution in [0.25, 0.3) is 0 Å². The number of rotatable bonds is 8. The average molecular weight is 414 g/mol. The molecule has 0 aliphatic rings. The van der Waals surface area contributed by atoms with E-state index in [0.717, 1.165) is 6.26 Å². The van der Waals surface area contributed by atoms with Crippen LogP contribution in [0.4, 0.5) is 11.4 Å². The number of benzene rings is 2. The predicted molar refractivity (Wildman–Crippen MR) is 100 cm³/mol. The van der Waals surface area contributed by atoms with E-state index in [4.69, 9.17) is 9.84 Å². The third kappa shape index (κ3) is 6.15. The molecule has 0 saturated heterocycles. The van der Waals surface area contributed by atoms with Crippen LogP contribution in [0.15, 0.2) is 47.4 Å². The molecule has 3 N–H and O–H groups in total. The topological polar surface area (TPSA) is 139 Å². The molecule has 0 saturated carbocycles. The second-order valence-electron chi connectivity index (χ2n) is 5.67. The molecule has 0 radical (unpaired) electrons. The predicted octanol–water partition coefficient (Wildman–Crippen LogP) is 1.63. The van der Waals surface area contributed by atoms with Gasteiger partial charge in [-0.05, 0) is 55.0 Å². The number of nitrogens with one attached hydrogen (secondary N) is 2. The Bertz CT molecular complexity index is 1050. The fraction of sp³-hybridized carbons (Fsp3) is 0.188. The maximum Gasteiger partial charge on any atom is 0.341 e. The van der Waals surface area contributed by atoms with Crippen LogP contribution in [0.2, 0.25) is 0 Å². The zero-order chi connectivity index (χ0) is 20.2. The lowest BCUT2D eigenvalue weighted by molar-refractivity contribution is -0.139. The van der Waals surface area contributed by atoms with Gasteiger partial charge in [-0.25, -0.2) is 21.6 Å². The lowest BCUT2D eigenvalue weighted by atomic mass is 10.2. The molecular weight excluding hydrogens is 396 g/mol. The molecule has 0 heterocycles. The second-order valence-corrected chi connectivity index (χ2v) is 9.10. The minimum absolute atomic E-state index is 0.0268. The van der Waals surface area contributed by atoms with Crippen molar-refractivity contribution in [3.63, 3.8) is 0 Å². The van der Waals surface area contributed by atoms with E-state index in [1.807, 2.05) is 0 Å². The fourth-order valence-corrected chi connectivity index (χ4v) is 3.83. The molecule has 0 fully saturated rings. The van der Waals surface area contributed by atoms with Crippen molar-refractivity contribution in [3.8, 4) is 5.75 Å². The first-order chi connectivity index (χ1) is 12.5. The summed E-state index contributed by atoms with van der Waals surface area (Å²) in [6, 6.07) is 9.72. The molecule has 2 rings (SSSR count). The largest absolute Gasteiger partial charge is 0.482 e. The van der Waals surface area contributed by atoms with E-state index in [1.165, 1.54) is 42.5 Å². The third-order valence-electron chi connectivity index (χ3n) is 3.25. The second kappa shape index (κ2) is 7.84. The van der Waals surface area contributed by atoms with Gasteiger partial charge in [0.25, 0.3) is 10.0 Å². The maximum absolute atomic E-state index is 12.5. The molecule has 0 aliphatic heterocycles. The highest BCUT2D eigenvalue weighted by Crippen LogP contribution is 2.24. The molecule has 0 atom stereocenters. The Labute approximate surface area is 157 Å². The zero-order valence-corrected chi connectivity index (χ0v) is 16.1. The van der Waals surface area contributed by atoms with Gasteiger partial charge in [0.1, 0.15) is 5.75 Å². The number of hydrogen-bond acceptors (Lipinski definition) is 6. The van der Waals surface area contributed by atoms with Gasteiger partial charge in [0.15, 0.2) is 6.61 Å². The Morgan fingerprint density at radius 3 is 2.04 bits per heavy atom. The van der Waals surface area contributed by atoms with Crippen LogP contribution in [-0.2, 0) is 24.8 Å². The summed E-state index contributed by atoms with van der Waals surface area (Å²) in [7, 11) is -7.32. The SMILES string of the molecule is Cc1cc(S(=O)(=O)Nc2ccc(NS(C)(=O)=O)cc2)ccc1OCC(=O)O. The molecule has 0 bridgehead atoms. The van der Waals surface area contributed by atoms with Crippen molar-refractivity contribution in [2.75, 3.05) is 22.3 Å². The van der Waals surface area contributed by atoms with Crippen LogP contribution < -0.4 is 14.2 Å². The number of carboxylic acid groups (broad SMARTS) is 1. The highest BCUT2D eigenvalue weighted by molar-refractivity contribution is 7.92. The minimum atomic E-state index is -3.89. The molecule has 0 spiro atoms. The van der Waals surface area contributed by atoms with Gasteiger partial charge in [-0.3, -0.25) is 9.44 Å². The van der Waals surface area contributed by atoms with Gasteiger partial charge in [0.2, 0.25) is 10.0 Å². The lowest BCUT2D eigenvalue weighted by Gasteiger charge is -2.12. The Balaban J connectivity index is 2.16. The van der Waals surface area contributed by atoms with E-state index >= 15 is 0 Å². The molecule has 0 amide bonds. The first-order valence-electron chi connectivity index (χ1n) is 7.52. The summed E-state index contributed by atoms with van der Waals surface area (Å²) in [5, 5.41) is 8.63. The van der Waals surface area contributed by atoms with E-state index in [-0.39, 0.29) is 16.3 Å². The van der Waals surface area contributed by atoms with Gasteiger partial charge in [0, 0.05) is 11.4 Å². The summed E-state index contributed by atoms with van der Waals surface area (Å²) < 4.78 is 57.1. The Morgan fingerprint density at radius 2 is 1.56 bits per heavy atom. The summed E-state index contributed by atoms with van der Waals surface area (Å²) in [5.41, 5.74) is 1.01. The third-order valence-corrected chi connectivity index (χ3v) is 5.23. The van der Waals surface area contributed by atoms with Gasteiger partial charge in [0.05, 0.1) is 11.2 Å². The summed E-state index contributed by atoms with van der Waals surface area (Å²) in [6.07, 6.45) is 1.01. The summed E-state index contributed by atoms with van der Waals surface area (Å²) >= 11 is 0. The number of ether oxygens (including phenoxy) is 1. The maximum atomic E-state index is 12.5. The van der Waals surface area contributed by atoms with Gasteiger partial charge >= 0.3 is 5.97 Å². The van der Waals surface area contributed by atoms with Crippen molar-refractivity contribution in [1.82, 2.24) is 0 Å².